The molecule has 0 atom stereocenters. The Hall–Kier alpha value is -2.97. The third-order valence-corrected chi connectivity index (χ3v) is 6.66. The van der Waals surface area contributed by atoms with Gasteiger partial charge in [0.1, 0.15) is 0 Å². The lowest BCUT2D eigenvalue weighted by molar-refractivity contribution is 0.251. The van der Waals surface area contributed by atoms with E-state index in [1.165, 1.54) is 23.9 Å². The molecule has 3 N–H and O–H groups in total. The van der Waals surface area contributed by atoms with Crippen molar-refractivity contribution < 1.29 is 13.2 Å². The van der Waals surface area contributed by atoms with Crippen molar-refractivity contribution in [3.63, 3.8) is 0 Å². The highest BCUT2D eigenvalue weighted by molar-refractivity contribution is 7.99. The summed E-state index contributed by atoms with van der Waals surface area (Å²) in [6.45, 7) is 4.56. The van der Waals surface area contributed by atoms with Crippen LogP contribution in [0.15, 0.2) is 93.5 Å². The number of carbonyl (C=O) groups excluding carboxylic acids is 1. The summed E-state index contributed by atoms with van der Waals surface area (Å²) in [6, 6.07) is 22.8. The first-order chi connectivity index (χ1) is 14.8. The lowest BCUT2D eigenvalue weighted by Crippen LogP contribution is -2.31. The Morgan fingerprint density at radius 1 is 0.903 bits per heavy atom. The first-order valence-corrected chi connectivity index (χ1v) is 12.1. The van der Waals surface area contributed by atoms with Gasteiger partial charge in [0.05, 0.1) is 10.6 Å². The standard InChI is InChI=1S/C23H25N3O3S2/c1-17(2)16-24-23(27)25-18-12-14-20(15-13-18)31(28,29)26-21-10-6-7-11-22(21)30-19-8-4-3-5-9-19/h3-15,17,26H,16H2,1-2H3,(H2,24,25,27). The van der Waals surface area contributed by atoms with Crippen LogP contribution in [0.5, 0.6) is 0 Å². The molecule has 0 saturated heterocycles. The first-order valence-electron chi connectivity index (χ1n) is 9.83. The number of carbonyl (C=O) groups is 1. The molecule has 162 valence electrons. The van der Waals surface area contributed by atoms with E-state index >= 15 is 0 Å². The minimum Gasteiger partial charge on any atom is -0.338 e. The Morgan fingerprint density at radius 2 is 1.55 bits per heavy atom. The van der Waals surface area contributed by atoms with E-state index in [9.17, 15) is 13.2 Å². The molecule has 3 aromatic carbocycles. The van der Waals surface area contributed by atoms with E-state index < -0.39 is 10.0 Å². The zero-order valence-corrected chi connectivity index (χ0v) is 19.0. The predicted octanol–water partition coefficient (Wildman–Crippen LogP) is 5.42. The second-order valence-electron chi connectivity index (χ2n) is 7.27. The van der Waals surface area contributed by atoms with Crippen molar-refractivity contribution >= 4 is 39.2 Å². The van der Waals surface area contributed by atoms with Gasteiger partial charge < -0.3 is 10.6 Å². The molecule has 0 radical (unpaired) electrons. The molecular formula is C23H25N3O3S2. The molecule has 0 fully saturated rings. The van der Waals surface area contributed by atoms with Crippen LogP contribution in [0.2, 0.25) is 0 Å². The highest BCUT2D eigenvalue weighted by Crippen LogP contribution is 2.34. The number of para-hydroxylation sites is 1. The van der Waals surface area contributed by atoms with E-state index in [0.717, 1.165) is 9.79 Å². The summed E-state index contributed by atoms with van der Waals surface area (Å²) >= 11 is 1.48. The van der Waals surface area contributed by atoms with Crippen molar-refractivity contribution in [2.75, 3.05) is 16.6 Å². The fraction of sp³-hybridized carbons (Fsp3) is 0.174. The summed E-state index contributed by atoms with van der Waals surface area (Å²) in [5, 5.41) is 5.44. The third-order valence-electron chi connectivity index (χ3n) is 4.20. The largest absolute Gasteiger partial charge is 0.338 e. The van der Waals surface area contributed by atoms with Crippen LogP contribution in [0.4, 0.5) is 16.2 Å². The number of anilines is 2. The van der Waals surface area contributed by atoms with E-state index in [1.807, 2.05) is 56.3 Å². The van der Waals surface area contributed by atoms with Crippen LogP contribution < -0.4 is 15.4 Å². The van der Waals surface area contributed by atoms with Crippen LogP contribution in [0.25, 0.3) is 0 Å². The molecule has 0 aliphatic carbocycles. The van der Waals surface area contributed by atoms with Crippen LogP contribution in [-0.4, -0.2) is 21.0 Å². The molecule has 6 nitrogen and oxygen atoms in total. The molecular weight excluding hydrogens is 430 g/mol. The van der Waals surface area contributed by atoms with Crippen molar-refractivity contribution in [3.8, 4) is 0 Å². The fourth-order valence-electron chi connectivity index (χ4n) is 2.65. The van der Waals surface area contributed by atoms with Crippen molar-refractivity contribution in [2.45, 2.75) is 28.5 Å². The quantitative estimate of drug-likeness (QED) is 0.423. The normalized spacial score (nSPS) is 11.2. The highest BCUT2D eigenvalue weighted by Gasteiger charge is 2.16. The molecule has 31 heavy (non-hydrogen) atoms. The monoisotopic (exact) mass is 455 g/mol. The zero-order chi connectivity index (χ0) is 22.3. The van der Waals surface area contributed by atoms with Crippen LogP contribution in [-0.2, 0) is 10.0 Å². The molecule has 0 bridgehead atoms. The molecule has 0 spiro atoms. The van der Waals surface area contributed by atoms with Gasteiger partial charge in [-0.15, -0.1) is 0 Å². The number of amides is 2. The average Bonchev–Trinajstić information content (AvgIpc) is 2.75. The average molecular weight is 456 g/mol. The van der Waals surface area contributed by atoms with Gasteiger partial charge in [-0.2, -0.15) is 0 Å². The van der Waals surface area contributed by atoms with E-state index in [2.05, 4.69) is 15.4 Å². The minimum absolute atomic E-state index is 0.111. The SMILES string of the molecule is CC(C)CNC(=O)Nc1ccc(S(=O)(=O)Nc2ccccc2Sc2ccccc2)cc1. The maximum Gasteiger partial charge on any atom is 0.319 e. The molecule has 0 aliphatic heterocycles. The second kappa shape index (κ2) is 10.4. The van der Waals surface area contributed by atoms with Gasteiger partial charge in [-0.3, -0.25) is 4.72 Å². The Morgan fingerprint density at radius 3 is 2.23 bits per heavy atom. The number of hydrogen-bond acceptors (Lipinski definition) is 4. The first kappa shape index (κ1) is 22.7. The molecule has 0 heterocycles. The molecule has 0 aliphatic rings. The Kier molecular flexibility index (Phi) is 7.59. The molecule has 0 aromatic heterocycles. The molecule has 0 unspecified atom stereocenters. The molecule has 3 aromatic rings. The fourth-order valence-corrected chi connectivity index (χ4v) is 4.72. The predicted molar refractivity (Wildman–Crippen MR) is 126 cm³/mol. The number of hydrogen-bond donors (Lipinski definition) is 3. The van der Waals surface area contributed by atoms with Crippen LogP contribution >= 0.6 is 11.8 Å². The molecule has 2 amide bonds. The van der Waals surface area contributed by atoms with Gasteiger partial charge in [-0.25, -0.2) is 13.2 Å². The molecule has 0 saturated carbocycles. The van der Waals surface area contributed by atoms with E-state index in [4.69, 9.17) is 0 Å². The molecule has 3 rings (SSSR count). The van der Waals surface area contributed by atoms with E-state index in [1.54, 1.807) is 24.3 Å². The van der Waals surface area contributed by atoms with Crippen LogP contribution in [0, 0.1) is 5.92 Å². The van der Waals surface area contributed by atoms with Gasteiger partial charge in [0.15, 0.2) is 0 Å². The van der Waals surface area contributed by atoms with E-state index in [-0.39, 0.29) is 10.9 Å². The summed E-state index contributed by atoms with van der Waals surface area (Å²) in [5.74, 6) is 0.340. The van der Waals surface area contributed by atoms with Gasteiger partial charge in [-0.1, -0.05) is 55.9 Å². The lowest BCUT2D eigenvalue weighted by atomic mass is 10.2. The summed E-state index contributed by atoms with van der Waals surface area (Å²) in [4.78, 5) is 13.8. The summed E-state index contributed by atoms with van der Waals surface area (Å²) in [6.07, 6.45) is 0. The number of benzene rings is 3. The van der Waals surface area contributed by atoms with Crippen molar-refractivity contribution in [1.82, 2.24) is 5.32 Å². The highest BCUT2D eigenvalue weighted by atomic mass is 32.2. The summed E-state index contributed by atoms with van der Waals surface area (Å²) < 4.78 is 28.5. The zero-order valence-electron chi connectivity index (χ0n) is 17.3. The van der Waals surface area contributed by atoms with Gasteiger partial charge in [0.25, 0.3) is 10.0 Å². The Bertz CT molecular complexity index is 1120. The van der Waals surface area contributed by atoms with Crippen molar-refractivity contribution in [3.05, 3.63) is 78.9 Å². The third kappa shape index (κ3) is 6.77. The van der Waals surface area contributed by atoms with Crippen molar-refractivity contribution in [1.29, 1.82) is 0 Å². The summed E-state index contributed by atoms with van der Waals surface area (Å²) in [5.41, 5.74) is 1.02. The minimum atomic E-state index is -3.79. The van der Waals surface area contributed by atoms with Crippen LogP contribution in [0.1, 0.15) is 13.8 Å². The number of urea groups is 1. The van der Waals surface area contributed by atoms with E-state index in [0.29, 0.717) is 23.8 Å². The van der Waals surface area contributed by atoms with Crippen LogP contribution in [0.3, 0.4) is 0 Å². The van der Waals surface area contributed by atoms with Crippen molar-refractivity contribution in [2.24, 2.45) is 5.92 Å². The van der Waals surface area contributed by atoms with Gasteiger partial charge in [0, 0.05) is 22.0 Å². The van der Waals surface area contributed by atoms with Gasteiger partial charge in [0.2, 0.25) is 0 Å². The molecule has 8 heteroatoms. The summed E-state index contributed by atoms with van der Waals surface area (Å²) in [7, 11) is -3.79. The number of nitrogens with one attached hydrogen (secondary N) is 3. The lowest BCUT2D eigenvalue weighted by Gasteiger charge is -2.13. The number of rotatable bonds is 8. The number of sulfonamides is 1. The Balaban J connectivity index is 1.71. The maximum atomic E-state index is 12.9. The van der Waals surface area contributed by atoms with Gasteiger partial charge in [-0.05, 0) is 54.4 Å². The second-order valence-corrected chi connectivity index (χ2v) is 10.1. The van der Waals surface area contributed by atoms with Gasteiger partial charge >= 0.3 is 6.03 Å². The topological polar surface area (TPSA) is 87.3 Å². The Labute approximate surface area is 187 Å². The maximum absolute atomic E-state index is 12.9. The smallest absolute Gasteiger partial charge is 0.319 e.